The Labute approximate surface area is 192 Å². The van der Waals surface area contributed by atoms with Crippen LogP contribution in [0.3, 0.4) is 0 Å². The van der Waals surface area contributed by atoms with E-state index in [2.05, 4.69) is 36.1 Å². The van der Waals surface area contributed by atoms with Crippen LogP contribution in [-0.4, -0.2) is 49.1 Å². The van der Waals surface area contributed by atoms with E-state index in [4.69, 9.17) is 4.74 Å². The number of hydrogen-bond acceptors (Lipinski definition) is 4. The van der Waals surface area contributed by atoms with E-state index in [9.17, 15) is 9.59 Å². The summed E-state index contributed by atoms with van der Waals surface area (Å²) in [6.07, 6.45) is 10.6. The number of esters is 1. The van der Waals surface area contributed by atoms with Crippen LogP contribution in [-0.2, 0) is 14.3 Å². The van der Waals surface area contributed by atoms with Crippen molar-refractivity contribution >= 4 is 17.6 Å². The van der Waals surface area contributed by atoms with Gasteiger partial charge in [0.25, 0.3) is 0 Å². The normalized spacial score (nSPS) is 35.7. The fourth-order valence-corrected chi connectivity index (χ4v) is 7.09. The van der Waals surface area contributed by atoms with Gasteiger partial charge in [-0.15, -0.1) is 0 Å². The number of hydrogen-bond donors (Lipinski definition) is 0. The van der Waals surface area contributed by atoms with Crippen molar-refractivity contribution in [3.63, 3.8) is 0 Å². The summed E-state index contributed by atoms with van der Waals surface area (Å²) in [5.41, 5.74) is 2.20. The quantitative estimate of drug-likeness (QED) is 0.628. The zero-order valence-electron chi connectivity index (χ0n) is 19.7. The number of carbonyl (C=O) groups excluding carboxylic acids is 2. The molecule has 2 saturated heterocycles. The lowest BCUT2D eigenvalue weighted by atomic mass is 9.69. The highest BCUT2D eigenvalue weighted by Crippen LogP contribution is 2.48. The summed E-state index contributed by atoms with van der Waals surface area (Å²) in [4.78, 5) is 30.0. The lowest BCUT2D eigenvalue weighted by Crippen LogP contribution is -2.38. The number of amides is 1. The first-order chi connectivity index (χ1) is 15.5. The van der Waals surface area contributed by atoms with Gasteiger partial charge in [0.1, 0.15) is 0 Å². The third-order valence-corrected chi connectivity index (χ3v) is 9.14. The third-order valence-electron chi connectivity index (χ3n) is 9.14. The number of rotatable bonds is 4. The van der Waals surface area contributed by atoms with Gasteiger partial charge in [-0.05, 0) is 101 Å². The first-order valence-electron chi connectivity index (χ1n) is 12.8. The minimum atomic E-state index is -0.270. The highest BCUT2D eigenvalue weighted by Gasteiger charge is 2.49. The minimum absolute atomic E-state index is 0.0365. The molecule has 1 aromatic carbocycles. The summed E-state index contributed by atoms with van der Waals surface area (Å²) in [6, 6.07) is 10.4. The second kappa shape index (κ2) is 8.81. The molecular formula is C27H38N2O3. The highest BCUT2D eigenvalue weighted by molar-refractivity contribution is 6.00. The van der Waals surface area contributed by atoms with Crippen molar-refractivity contribution in [2.45, 2.75) is 89.1 Å². The van der Waals surface area contributed by atoms with Gasteiger partial charge in [0.2, 0.25) is 5.91 Å². The molecule has 32 heavy (non-hydrogen) atoms. The van der Waals surface area contributed by atoms with E-state index in [1.807, 2.05) is 4.90 Å². The molecule has 1 spiro atoms. The highest BCUT2D eigenvalue weighted by atomic mass is 16.5. The molecule has 4 fully saturated rings. The molecule has 3 atom stereocenters. The molecule has 1 aromatic rings. The lowest BCUT2D eigenvalue weighted by molar-refractivity contribution is -0.148. The van der Waals surface area contributed by atoms with E-state index >= 15 is 0 Å². The van der Waals surface area contributed by atoms with Gasteiger partial charge >= 0.3 is 5.97 Å². The Bertz CT molecular complexity index is 843. The molecule has 2 aliphatic heterocycles. The van der Waals surface area contributed by atoms with E-state index in [0.29, 0.717) is 5.92 Å². The summed E-state index contributed by atoms with van der Waals surface area (Å²) in [5, 5.41) is 0. The topological polar surface area (TPSA) is 49.9 Å². The molecule has 0 bridgehead atoms. The van der Waals surface area contributed by atoms with E-state index < -0.39 is 0 Å². The van der Waals surface area contributed by atoms with E-state index in [0.717, 1.165) is 56.4 Å². The first-order valence-corrected chi connectivity index (χ1v) is 12.8. The summed E-state index contributed by atoms with van der Waals surface area (Å²) < 4.78 is 4.92. The number of carbonyl (C=O) groups is 2. The lowest BCUT2D eigenvalue weighted by Gasteiger charge is -2.34. The van der Waals surface area contributed by atoms with Gasteiger partial charge in [-0.1, -0.05) is 12.1 Å². The van der Waals surface area contributed by atoms with Gasteiger partial charge < -0.3 is 9.64 Å². The fraction of sp³-hybridized carbons (Fsp3) is 0.704. The van der Waals surface area contributed by atoms with Crippen molar-refractivity contribution in [3.8, 4) is 0 Å². The van der Waals surface area contributed by atoms with Crippen molar-refractivity contribution in [2.75, 3.05) is 25.1 Å². The maximum atomic E-state index is 13.4. The fourth-order valence-electron chi connectivity index (χ4n) is 7.09. The molecule has 5 heteroatoms. The maximum absolute atomic E-state index is 13.4. The Morgan fingerprint density at radius 1 is 1.00 bits per heavy atom. The van der Waals surface area contributed by atoms with Gasteiger partial charge in [0.05, 0.1) is 18.4 Å². The maximum Gasteiger partial charge on any atom is 0.308 e. The molecule has 174 valence electrons. The Kier molecular flexibility index (Phi) is 6.04. The molecule has 0 radical (unpaired) electrons. The van der Waals surface area contributed by atoms with Crippen LogP contribution < -0.4 is 4.90 Å². The monoisotopic (exact) mass is 438 g/mol. The number of nitrogens with zero attached hydrogens (tertiary/aromatic N) is 2. The molecule has 2 saturated carbocycles. The zero-order chi connectivity index (χ0) is 22.3. The van der Waals surface area contributed by atoms with E-state index in [1.54, 1.807) is 0 Å². The van der Waals surface area contributed by atoms with Crippen LogP contribution in [0, 0.1) is 11.3 Å². The predicted molar refractivity (Wildman–Crippen MR) is 126 cm³/mol. The van der Waals surface area contributed by atoms with E-state index in [-0.39, 0.29) is 23.2 Å². The predicted octanol–water partition coefficient (Wildman–Crippen LogP) is 4.89. The Morgan fingerprint density at radius 3 is 2.41 bits per heavy atom. The summed E-state index contributed by atoms with van der Waals surface area (Å²) >= 11 is 0. The van der Waals surface area contributed by atoms with Gasteiger partial charge in [-0.3, -0.25) is 14.5 Å². The minimum Gasteiger partial charge on any atom is -0.469 e. The van der Waals surface area contributed by atoms with Crippen LogP contribution in [0.2, 0.25) is 0 Å². The summed E-state index contributed by atoms with van der Waals surface area (Å²) in [7, 11) is 1.46. The second-order valence-corrected chi connectivity index (χ2v) is 10.8. The third kappa shape index (κ3) is 3.87. The average Bonchev–Trinajstić information content (AvgIpc) is 3.54. The van der Waals surface area contributed by atoms with Gasteiger partial charge in [0, 0.05) is 24.3 Å². The van der Waals surface area contributed by atoms with Crippen LogP contribution >= 0.6 is 0 Å². The smallest absolute Gasteiger partial charge is 0.308 e. The largest absolute Gasteiger partial charge is 0.469 e. The average molecular weight is 439 g/mol. The second-order valence-electron chi connectivity index (χ2n) is 10.8. The Balaban J connectivity index is 1.21. The molecule has 1 amide bonds. The molecule has 0 aromatic heterocycles. The number of ether oxygens (including phenoxy) is 1. The van der Waals surface area contributed by atoms with Crippen molar-refractivity contribution in [2.24, 2.45) is 11.3 Å². The molecule has 2 aliphatic carbocycles. The van der Waals surface area contributed by atoms with E-state index in [1.165, 1.54) is 51.3 Å². The standard InChI is InChI=1S/C27H38N2O3/c1-19-4-3-16-28(19)24-10-7-22(18-24)20-5-8-23(9-6-20)29-17-15-27(26(29)31)13-11-21(12-14-27)25(30)32-2/h5-6,8-9,19,21-22,24H,3-4,7,10-18H2,1-2H3. The Morgan fingerprint density at radius 2 is 1.75 bits per heavy atom. The molecule has 0 N–H and O–H groups in total. The van der Waals surface area contributed by atoms with Crippen molar-refractivity contribution < 1.29 is 14.3 Å². The molecule has 5 nitrogen and oxygen atoms in total. The number of benzene rings is 1. The molecular weight excluding hydrogens is 400 g/mol. The van der Waals surface area contributed by atoms with Crippen LogP contribution in [0.5, 0.6) is 0 Å². The molecule has 4 aliphatic rings. The van der Waals surface area contributed by atoms with Crippen LogP contribution in [0.1, 0.15) is 82.6 Å². The molecule has 5 rings (SSSR count). The zero-order valence-corrected chi connectivity index (χ0v) is 19.7. The van der Waals surface area contributed by atoms with Crippen molar-refractivity contribution in [1.82, 2.24) is 4.90 Å². The van der Waals surface area contributed by atoms with Crippen LogP contribution in [0.4, 0.5) is 5.69 Å². The molecule has 2 heterocycles. The summed E-state index contributed by atoms with van der Waals surface area (Å²) in [5.74, 6) is 0.755. The van der Waals surface area contributed by atoms with Crippen LogP contribution in [0.15, 0.2) is 24.3 Å². The summed E-state index contributed by atoms with van der Waals surface area (Å²) in [6.45, 7) is 4.45. The van der Waals surface area contributed by atoms with Gasteiger partial charge in [0.15, 0.2) is 0 Å². The Hall–Kier alpha value is -1.88. The number of likely N-dealkylation sites (tertiary alicyclic amines) is 1. The van der Waals surface area contributed by atoms with Crippen LogP contribution in [0.25, 0.3) is 0 Å². The number of methoxy groups -OCH3 is 1. The first kappa shape index (κ1) is 21.9. The molecule has 3 unspecified atom stereocenters. The SMILES string of the molecule is COC(=O)C1CCC2(CC1)CCN(c1ccc(C3CCC(N4CCCC4C)C3)cc1)C2=O. The van der Waals surface area contributed by atoms with Gasteiger partial charge in [-0.2, -0.15) is 0 Å². The van der Waals surface area contributed by atoms with Crippen molar-refractivity contribution in [3.05, 3.63) is 29.8 Å². The van der Waals surface area contributed by atoms with Crippen molar-refractivity contribution in [1.29, 1.82) is 0 Å². The van der Waals surface area contributed by atoms with Gasteiger partial charge in [-0.25, -0.2) is 0 Å². The number of anilines is 1.